The van der Waals surface area contributed by atoms with Crippen LogP contribution < -0.4 is 10.6 Å². The second-order valence-electron chi connectivity index (χ2n) is 5.57. The molecule has 0 fully saturated rings. The summed E-state index contributed by atoms with van der Waals surface area (Å²) in [7, 11) is 0. The van der Waals surface area contributed by atoms with Gasteiger partial charge in [-0.2, -0.15) is 5.10 Å². The van der Waals surface area contributed by atoms with Gasteiger partial charge in [-0.15, -0.1) is 0 Å². The Morgan fingerprint density at radius 1 is 1.19 bits per heavy atom. The van der Waals surface area contributed by atoms with E-state index < -0.39 is 0 Å². The standard InChI is InChI=1S/C16H17N5/c1-11-8-15-16(18-5-7-21(15)19-11)20-6-4-12-2-3-14(17)9-13(12)10-20/h2-3,5,7-9H,4,6,10,17H2,1H3. The molecule has 0 saturated heterocycles. The molecule has 0 unspecified atom stereocenters. The minimum absolute atomic E-state index is 0.821. The highest BCUT2D eigenvalue weighted by atomic mass is 15.3. The molecule has 0 saturated carbocycles. The molecule has 1 aromatic carbocycles. The molecule has 0 atom stereocenters. The fourth-order valence-corrected chi connectivity index (χ4v) is 3.03. The Kier molecular flexibility index (Phi) is 2.60. The van der Waals surface area contributed by atoms with E-state index in [0.29, 0.717) is 0 Å². The first-order chi connectivity index (χ1) is 10.2. The van der Waals surface area contributed by atoms with E-state index >= 15 is 0 Å². The number of nitrogen functional groups attached to an aromatic ring is 1. The van der Waals surface area contributed by atoms with Gasteiger partial charge in [-0.05, 0) is 42.7 Å². The molecule has 1 aliphatic rings. The van der Waals surface area contributed by atoms with Gasteiger partial charge in [0.2, 0.25) is 0 Å². The van der Waals surface area contributed by atoms with E-state index in [1.54, 1.807) is 0 Å². The van der Waals surface area contributed by atoms with Crippen molar-refractivity contribution in [3.05, 3.63) is 53.5 Å². The van der Waals surface area contributed by atoms with Crippen molar-refractivity contribution in [2.24, 2.45) is 0 Å². The van der Waals surface area contributed by atoms with Crippen LogP contribution in [0, 0.1) is 6.92 Å². The lowest BCUT2D eigenvalue weighted by Gasteiger charge is -2.30. The van der Waals surface area contributed by atoms with Crippen LogP contribution in [0.15, 0.2) is 36.7 Å². The zero-order valence-electron chi connectivity index (χ0n) is 12.0. The minimum Gasteiger partial charge on any atom is -0.399 e. The fraction of sp³-hybridized carbons (Fsp3) is 0.250. The molecule has 0 spiro atoms. The Bertz CT molecular complexity index is 821. The summed E-state index contributed by atoms with van der Waals surface area (Å²) in [6, 6.07) is 8.27. The number of nitrogens with two attached hydrogens (primary N) is 1. The van der Waals surface area contributed by atoms with E-state index in [-0.39, 0.29) is 0 Å². The summed E-state index contributed by atoms with van der Waals surface area (Å²) in [6.45, 7) is 3.81. The van der Waals surface area contributed by atoms with Gasteiger partial charge < -0.3 is 10.6 Å². The zero-order chi connectivity index (χ0) is 14.4. The zero-order valence-corrected chi connectivity index (χ0v) is 12.0. The quantitative estimate of drug-likeness (QED) is 0.694. The van der Waals surface area contributed by atoms with Crippen molar-refractivity contribution in [2.75, 3.05) is 17.2 Å². The highest BCUT2D eigenvalue weighted by Crippen LogP contribution is 2.27. The molecule has 3 heterocycles. The second kappa shape index (κ2) is 4.48. The number of benzene rings is 1. The van der Waals surface area contributed by atoms with Crippen molar-refractivity contribution in [1.29, 1.82) is 0 Å². The molecule has 3 aromatic rings. The van der Waals surface area contributed by atoms with Gasteiger partial charge in [0.1, 0.15) is 5.52 Å². The second-order valence-corrected chi connectivity index (χ2v) is 5.57. The third kappa shape index (κ3) is 2.01. The van der Waals surface area contributed by atoms with Crippen LogP contribution in [0.3, 0.4) is 0 Å². The average Bonchev–Trinajstić information content (AvgIpc) is 2.86. The monoisotopic (exact) mass is 279 g/mol. The predicted octanol–water partition coefficient (Wildman–Crippen LogP) is 2.18. The summed E-state index contributed by atoms with van der Waals surface area (Å²) in [5.74, 6) is 0.992. The van der Waals surface area contributed by atoms with Crippen molar-refractivity contribution in [3.63, 3.8) is 0 Å². The highest BCUT2D eigenvalue weighted by Gasteiger charge is 2.20. The number of hydrogen-bond acceptors (Lipinski definition) is 4. The van der Waals surface area contributed by atoms with Crippen LogP contribution in [0.5, 0.6) is 0 Å². The van der Waals surface area contributed by atoms with Gasteiger partial charge in [0, 0.05) is 31.2 Å². The topological polar surface area (TPSA) is 59.5 Å². The molecule has 1 aliphatic heterocycles. The van der Waals surface area contributed by atoms with Gasteiger partial charge in [0.05, 0.1) is 5.69 Å². The number of anilines is 2. The number of hydrogen-bond donors (Lipinski definition) is 1. The van der Waals surface area contributed by atoms with Crippen LogP contribution in [-0.4, -0.2) is 21.1 Å². The molecule has 0 radical (unpaired) electrons. The maximum Gasteiger partial charge on any atom is 0.155 e. The lowest BCUT2D eigenvalue weighted by atomic mass is 9.99. The normalized spacial score (nSPS) is 14.4. The Hall–Kier alpha value is -2.56. The molecule has 0 aliphatic carbocycles. The number of rotatable bonds is 1. The summed E-state index contributed by atoms with van der Waals surface area (Å²) in [6.07, 6.45) is 4.72. The molecule has 0 bridgehead atoms. The first-order valence-corrected chi connectivity index (χ1v) is 7.14. The van der Waals surface area contributed by atoms with Crippen LogP contribution in [-0.2, 0) is 13.0 Å². The molecule has 2 N–H and O–H groups in total. The maximum atomic E-state index is 5.91. The summed E-state index contributed by atoms with van der Waals surface area (Å²) in [5, 5.41) is 4.46. The van der Waals surface area contributed by atoms with Crippen LogP contribution in [0.2, 0.25) is 0 Å². The molecule has 5 heteroatoms. The first-order valence-electron chi connectivity index (χ1n) is 7.14. The number of fused-ring (bicyclic) bond motifs is 2. The van der Waals surface area contributed by atoms with Gasteiger partial charge in [0.15, 0.2) is 5.82 Å². The summed E-state index contributed by atoms with van der Waals surface area (Å²) >= 11 is 0. The molecular formula is C16H17N5. The number of aryl methyl sites for hydroxylation is 1. The summed E-state index contributed by atoms with van der Waals surface area (Å²) < 4.78 is 1.90. The Balaban J connectivity index is 1.77. The number of nitrogens with zero attached hydrogens (tertiary/aromatic N) is 4. The van der Waals surface area contributed by atoms with Crippen molar-refractivity contribution in [3.8, 4) is 0 Å². The van der Waals surface area contributed by atoms with Gasteiger partial charge in [-0.3, -0.25) is 0 Å². The van der Waals surface area contributed by atoms with Crippen LogP contribution in [0.1, 0.15) is 16.8 Å². The van der Waals surface area contributed by atoms with E-state index in [0.717, 1.165) is 42.2 Å². The molecule has 5 nitrogen and oxygen atoms in total. The van der Waals surface area contributed by atoms with Gasteiger partial charge in [-0.25, -0.2) is 9.50 Å². The van der Waals surface area contributed by atoms with E-state index in [1.807, 2.05) is 29.9 Å². The Morgan fingerprint density at radius 3 is 3.00 bits per heavy atom. The van der Waals surface area contributed by atoms with E-state index in [1.165, 1.54) is 11.1 Å². The molecule has 4 rings (SSSR count). The van der Waals surface area contributed by atoms with Crippen molar-refractivity contribution in [2.45, 2.75) is 19.9 Å². The third-order valence-electron chi connectivity index (χ3n) is 4.03. The minimum atomic E-state index is 0.821. The molecule has 2 aromatic heterocycles. The fourth-order valence-electron chi connectivity index (χ4n) is 3.03. The van der Waals surface area contributed by atoms with E-state index in [9.17, 15) is 0 Å². The summed E-state index contributed by atoms with van der Waals surface area (Å²) in [4.78, 5) is 6.88. The highest BCUT2D eigenvalue weighted by molar-refractivity contribution is 5.69. The third-order valence-corrected chi connectivity index (χ3v) is 4.03. The SMILES string of the molecule is Cc1cc2c(N3CCc4ccc(N)cc4C3)nccn2n1. The van der Waals surface area contributed by atoms with Gasteiger partial charge in [-0.1, -0.05) is 6.07 Å². The first kappa shape index (κ1) is 12.2. The molecule has 0 amide bonds. The largest absolute Gasteiger partial charge is 0.399 e. The molecule has 21 heavy (non-hydrogen) atoms. The molecular weight excluding hydrogens is 262 g/mol. The van der Waals surface area contributed by atoms with Crippen LogP contribution >= 0.6 is 0 Å². The van der Waals surface area contributed by atoms with Gasteiger partial charge in [0.25, 0.3) is 0 Å². The Labute approximate surface area is 123 Å². The van der Waals surface area contributed by atoms with E-state index in [2.05, 4.69) is 33.2 Å². The van der Waals surface area contributed by atoms with Crippen molar-refractivity contribution < 1.29 is 0 Å². The predicted molar refractivity (Wildman–Crippen MR) is 83.3 cm³/mol. The lowest BCUT2D eigenvalue weighted by molar-refractivity contribution is 0.720. The smallest absolute Gasteiger partial charge is 0.155 e. The maximum absolute atomic E-state index is 5.91. The van der Waals surface area contributed by atoms with Gasteiger partial charge >= 0.3 is 0 Å². The van der Waals surface area contributed by atoms with Crippen molar-refractivity contribution in [1.82, 2.24) is 14.6 Å². The average molecular weight is 279 g/mol. The molecule has 106 valence electrons. The van der Waals surface area contributed by atoms with E-state index in [4.69, 9.17) is 5.73 Å². The van der Waals surface area contributed by atoms with Crippen LogP contribution in [0.25, 0.3) is 5.52 Å². The van der Waals surface area contributed by atoms with Crippen LogP contribution in [0.4, 0.5) is 11.5 Å². The van der Waals surface area contributed by atoms with Crippen molar-refractivity contribution >= 4 is 17.0 Å². The number of aromatic nitrogens is 3. The summed E-state index contributed by atoms with van der Waals surface area (Å²) in [5.41, 5.74) is 11.5. The lowest BCUT2D eigenvalue weighted by Crippen LogP contribution is -2.31. The Morgan fingerprint density at radius 2 is 2.10 bits per heavy atom.